The highest BCUT2D eigenvalue weighted by molar-refractivity contribution is 7.11. The minimum Gasteiger partial charge on any atom is -0.486 e. The Hall–Kier alpha value is -2.21. The molecule has 114 valence electrons. The van der Waals surface area contributed by atoms with E-state index < -0.39 is 0 Å². The number of aryl methyl sites for hydroxylation is 3. The molecular formula is C16H18N4OS. The first kappa shape index (κ1) is 14.7. The van der Waals surface area contributed by atoms with Crippen molar-refractivity contribution in [2.75, 3.05) is 0 Å². The lowest BCUT2D eigenvalue weighted by atomic mass is 10.3. The summed E-state index contributed by atoms with van der Waals surface area (Å²) in [7, 11) is 0. The molecule has 3 aromatic rings. The lowest BCUT2D eigenvalue weighted by Gasteiger charge is -2.07. The Morgan fingerprint density at radius 3 is 2.41 bits per heavy atom. The van der Waals surface area contributed by atoms with Crippen LogP contribution in [-0.2, 0) is 13.0 Å². The molecule has 6 heteroatoms. The highest BCUT2D eigenvalue weighted by atomic mass is 32.1. The van der Waals surface area contributed by atoms with Crippen LogP contribution in [0.3, 0.4) is 0 Å². The van der Waals surface area contributed by atoms with E-state index in [-0.39, 0.29) is 0 Å². The minimum absolute atomic E-state index is 0.455. The predicted octanol–water partition coefficient (Wildman–Crippen LogP) is 3.48. The summed E-state index contributed by atoms with van der Waals surface area (Å²) in [6.07, 6.45) is 0.912. The summed E-state index contributed by atoms with van der Waals surface area (Å²) in [5, 5.41) is 14.6. The molecule has 0 N–H and O–H groups in total. The smallest absolute Gasteiger partial charge is 0.155 e. The highest BCUT2D eigenvalue weighted by Crippen LogP contribution is 2.19. The molecule has 0 bridgehead atoms. The van der Waals surface area contributed by atoms with E-state index in [1.165, 1.54) is 0 Å². The van der Waals surface area contributed by atoms with Crippen LogP contribution in [0, 0.1) is 13.8 Å². The average molecular weight is 314 g/mol. The number of ether oxygens (including phenoxy) is 1. The van der Waals surface area contributed by atoms with E-state index >= 15 is 0 Å². The number of nitrogens with zero attached hydrogens (tertiary/aromatic N) is 4. The number of aromatic nitrogens is 4. The Morgan fingerprint density at radius 2 is 1.82 bits per heavy atom. The maximum atomic E-state index is 5.75. The Bertz CT molecular complexity index is 761. The van der Waals surface area contributed by atoms with Gasteiger partial charge in [0.2, 0.25) is 0 Å². The van der Waals surface area contributed by atoms with Gasteiger partial charge in [-0.15, -0.1) is 10.2 Å². The fourth-order valence-electron chi connectivity index (χ4n) is 2.21. The molecule has 0 atom stereocenters. The van der Waals surface area contributed by atoms with Crippen LogP contribution in [0.1, 0.15) is 28.3 Å². The van der Waals surface area contributed by atoms with Crippen LogP contribution in [0.5, 0.6) is 5.75 Å². The summed E-state index contributed by atoms with van der Waals surface area (Å²) in [6.45, 7) is 6.57. The maximum absolute atomic E-state index is 5.75. The molecule has 2 heterocycles. The first-order chi connectivity index (χ1) is 10.7. The summed E-state index contributed by atoms with van der Waals surface area (Å²) in [5.41, 5.74) is 3.16. The van der Waals surface area contributed by atoms with Gasteiger partial charge in [0.05, 0.1) is 11.4 Å². The van der Waals surface area contributed by atoms with Crippen LogP contribution >= 0.6 is 11.3 Å². The number of rotatable bonds is 5. The third kappa shape index (κ3) is 3.17. The molecule has 22 heavy (non-hydrogen) atoms. The van der Waals surface area contributed by atoms with Crippen molar-refractivity contribution in [1.82, 2.24) is 20.0 Å². The summed E-state index contributed by atoms with van der Waals surface area (Å²) < 4.78 is 7.68. The Balaban J connectivity index is 1.67. The van der Waals surface area contributed by atoms with Gasteiger partial charge >= 0.3 is 0 Å². The van der Waals surface area contributed by atoms with Gasteiger partial charge < -0.3 is 4.74 Å². The molecule has 5 nitrogen and oxygen atoms in total. The molecule has 0 aliphatic rings. The molecule has 0 aliphatic carbocycles. The zero-order chi connectivity index (χ0) is 15.5. The fraction of sp³-hybridized carbons (Fsp3) is 0.312. The summed E-state index contributed by atoms with van der Waals surface area (Å²) >= 11 is 1.60. The van der Waals surface area contributed by atoms with E-state index in [9.17, 15) is 0 Å². The van der Waals surface area contributed by atoms with Crippen LogP contribution in [0.4, 0.5) is 0 Å². The molecule has 0 amide bonds. The van der Waals surface area contributed by atoms with E-state index in [2.05, 4.69) is 28.3 Å². The molecule has 0 spiro atoms. The Kier molecular flexibility index (Phi) is 4.20. The normalized spacial score (nSPS) is 10.9. The summed E-state index contributed by atoms with van der Waals surface area (Å²) in [6, 6.07) is 9.98. The molecule has 1 aromatic carbocycles. The monoisotopic (exact) mass is 314 g/mol. The Labute approximate surface area is 133 Å². The minimum atomic E-state index is 0.455. The van der Waals surface area contributed by atoms with Gasteiger partial charge in [-0.1, -0.05) is 18.3 Å². The van der Waals surface area contributed by atoms with Crippen molar-refractivity contribution in [2.24, 2.45) is 0 Å². The highest BCUT2D eigenvalue weighted by Gasteiger charge is 2.06. The fourth-order valence-corrected chi connectivity index (χ4v) is 2.91. The van der Waals surface area contributed by atoms with Gasteiger partial charge in [-0.25, -0.2) is 4.68 Å². The molecule has 0 saturated carbocycles. The second-order valence-corrected chi connectivity index (χ2v) is 6.21. The van der Waals surface area contributed by atoms with Crippen molar-refractivity contribution >= 4 is 11.3 Å². The predicted molar refractivity (Wildman–Crippen MR) is 86.7 cm³/mol. The van der Waals surface area contributed by atoms with Gasteiger partial charge in [-0.3, -0.25) is 0 Å². The van der Waals surface area contributed by atoms with E-state index in [1.54, 1.807) is 11.3 Å². The van der Waals surface area contributed by atoms with Gasteiger partial charge in [0.25, 0.3) is 0 Å². The van der Waals surface area contributed by atoms with Gasteiger partial charge in [-0.2, -0.15) is 5.10 Å². The van der Waals surface area contributed by atoms with Crippen molar-refractivity contribution < 1.29 is 4.74 Å². The molecule has 3 rings (SSSR count). The van der Waals surface area contributed by atoms with E-state index in [4.69, 9.17) is 4.74 Å². The molecule has 0 saturated heterocycles. The zero-order valence-electron chi connectivity index (χ0n) is 12.9. The zero-order valence-corrected chi connectivity index (χ0v) is 13.7. The van der Waals surface area contributed by atoms with Gasteiger partial charge in [0.1, 0.15) is 17.4 Å². The topological polar surface area (TPSA) is 52.8 Å². The lowest BCUT2D eigenvalue weighted by molar-refractivity contribution is 0.304. The number of hydrogen-bond acceptors (Lipinski definition) is 5. The second kappa shape index (κ2) is 6.27. The van der Waals surface area contributed by atoms with E-state index in [0.717, 1.165) is 39.3 Å². The molecular weight excluding hydrogens is 296 g/mol. The maximum Gasteiger partial charge on any atom is 0.155 e. The molecule has 0 unspecified atom stereocenters. The van der Waals surface area contributed by atoms with Gasteiger partial charge in [0, 0.05) is 5.69 Å². The van der Waals surface area contributed by atoms with Crippen molar-refractivity contribution in [1.29, 1.82) is 0 Å². The van der Waals surface area contributed by atoms with Crippen molar-refractivity contribution in [2.45, 2.75) is 33.8 Å². The van der Waals surface area contributed by atoms with Crippen molar-refractivity contribution in [3.05, 3.63) is 51.7 Å². The molecule has 0 radical (unpaired) electrons. The van der Waals surface area contributed by atoms with Crippen molar-refractivity contribution in [3.8, 4) is 11.4 Å². The largest absolute Gasteiger partial charge is 0.486 e. The van der Waals surface area contributed by atoms with E-state index in [0.29, 0.717) is 6.61 Å². The van der Waals surface area contributed by atoms with Gasteiger partial charge in [-0.05, 0) is 50.6 Å². The Morgan fingerprint density at radius 1 is 1.09 bits per heavy atom. The SMILES string of the molecule is CCc1nnc(COc2ccc(-n3nc(C)cc3C)cc2)s1. The molecule has 0 fully saturated rings. The molecule has 2 aromatic heterocycles. The van der Waals surface area contributed by atoms with Crippen LogP contribution in [-0.4, -0.2) is 20.0 Å². The first-order valence-corrected chi connectivity index (χ1v) is 8.05. The standard InChI is InChI=1S/C16H18N4OS/c1-4-15-17-18-16(22-15)10-21-14-7-5-13(6-8-14)20-12(3)9-11(2)19-20/h5-9H,4,10H2,1-3H3. The van der Waals surface area contributed by atoms with Crippen LogP contribution < -0.4 is 4.74 Å². The summed E-state index contributed by atoms with van der Waals surface area (Å²) in [5.74, 6) is 0.818. The quantitative estimate of drug-likeness (QED) is 0.723. The van der Waals surface area contributed by atoms with Gasteiger partial charge in [0.15, 0.2) is 5.01 Å². The van der Waals surface area contributed by atoms with Crippen LogP contribution in [0.2, 0.25) is 0 Å². The first-order valence-electron chi connectivity index (χ1n) is 7.23. The van der Waals surface area contributed by atoms with Crippen LogP contribution in [0.25, 0.3) is 5.69 Å². The third-order valence-electron chi connectivity index (χ3n) is 3.26. The van der Waals surface area contributed by atoms with Crippen molar-refractivity contribution in [3.63, 3.8) is 0 Å². The lowest BCUT2D eigenvalue weighted by Crippen LogP contribution is -1.99. The number of hydrogen-bond donors (Lipinski definition) is 0. The van der Waals surface area contributed by atoms with E-state index in [1.807, 2.05) is 42.8 Å². The second-order valence-electron chi connectivity index (χ2n) is 5.06. The third-order valence-corrected chi connectivity index (χ3v) is 4.31. The van der Waals surface area contributed by atoms with Crippen LogP contribution in [0.15, 0.2) is 30.3 Å². The average Bonchev–Trinajstić information content (AvgIpc) is 3.12. The molecule has 0 aliphatic heterocycles. The number of benzene rings is 1. The summed E-state index contributed by atoms with van der Waals surface area (Å²) in [4.78, 5) is 0.